The normalized spacial score (nSPS) is 12.5. The standard InChI is InChI=1S/C17H20N4O2/c1-20-9-7-12-4-5-13(10-16(12)20)17(22)19-14(11-23-3)15-6-8-18-21(15)2/h4-10,14H,11H2,1-3H3,(H,19,22). The van der Waals surface area contributed by atoms with Gasteiger partial charge in [0.05, 0.1) is 18.3 Å². The van der Waals surface area contributed by atoms with Gasteiger partial charge in [-0.15, -0.1) is 0 Å². The quantitative estimate of drug-likeness (QED) is 0.784. The summed E-state index contributed by atoms with van der Waals surface area (Å²) in [5, 5.41) is 8.29. The van der Waals surface area contributed by atoms with Crippen LogP contribution in [0.4, 0.5) is 0 Å². The smallest absolute Gasteiger partial charge is 0.251 e. The van der Waals surface area contributed by atoms with Crippen LogP contribution in [0.2, 0.25) is 0 Å². The first kappa shape index (κ1) is 15.3. The maximum atomic E-state index is 12.6. The van der Waals surface area contributed by atoms with Crippen molar-refractivity contribution in [1.29, 1.82) is 0 Å². The van der Waals surface area contributed by atoms with E-state index in [0.29, 0.717) is 12.2 Å². The number of nitrogens with zero attached hydrogens (tertiary/aromatic N) is 3. The number of aryl methyl sites for hydroxylation is 2. The van der Waals surface area contributed by atoms with Crippen LogP contribution in [0, 0.1) is 0 Å². The lowest BCUT2D eigenvalue weighted by Gasteiger charge is -2.18. The number of carbonyl (C=O) groups excluding carboxylic acids is 1. The van der Waals surface area contributed by atoms with Crippen molar-refractivity contribution in [3.05, 3.63) is 54.0 Å². The molecule has 0 aliphatic rings. The molecule has 0 spiro atoms. The monoisotopic (exact) mass is 312 g/mol. The van der Waals surface area contributed by atoms with Gasteiger partial charge in [0.25, 0.3) is 5.91 Å². The van der Waals surface area contributed by atoms with Gasteiger partial charge in [-0.1, -0.05) is 6.07 Å². The van der Waals surface area contributed by atoms with Crippen molar-refractivity contribution in [2.45, 2.75) is 6.04 Å². The fraction of sp³-hybridized carbons (Fsp3) is 0.294. The van der Waals surface area contributed by atoms with Gasteiger partial charge >= 0.3 is 0 Å². The Bertz CT molecular complexity index is 834. The highest BCUT2D eigenvalue weighted by Crippen LogP contribution is 2.18. The molecule has 1 aromatic carbocycles. The first-order valence-corrected chi connectivity index (χ1v) is 7.43. The lowest BCUT2D eigenvalue weighted by atomic mass is 10.1. The van der Waals surface area contributed by atoms with Crippen molar-refractivity contribution in [3.63, 3.8) is 0 Å². The Morgan fingerprint density at radius 1 is 1.30 bits per heavy atom. The van der Waals surface area contributed by atoms with Gasteiger partial charge in [-0.25, -0.2) is 0 Å². The maximum absolute atomic E-state index is 12.6. The lowest BCUT2D eigenvalue weighted by Crippen LogP contribution is -2.32. The van der Waals surface area contributed by atoms with E-state index in [1.54, 1.807) is 18.0 Å². The molecule has 0 fully saturated rings. The van der Waals surface area contributed by atoms with Crippen LogP contribution in [-0.2, 0) is 18.8 Å². The first-order valence-electron chi connectivity index (χ1n) is 7.43. The molecule has 1 amide bonds. The summed E-state index contributed by atoms with van der Waals surface area (Å²) in [6, 6.07) is 9.36. The second-order valence-corrected chi connectivity index (χ2v) is 5.56. The van der Waals surface area contributed by atoms with Gasteiger partial charge in [-0.3, -0.25) is 9.48 Å². The van der Waals surface area contributed by atoms with E-state index in [4.69, 9.17) is 4.74 Å². The molecule has 3 rings (SSSR count). The number of benzene rings is 1. The number of hydrogen-bond donors (Lipinski definition) is 1. The molecule has 0 bridgehead atoms. The Labute approximate surface area is 134 Å². The summed E-state index contributed by atoms with van der Waals surface area (Å²) in [7, 11) is 5.43. The molecule has 1 atom stereocenters. The summed E-state index contributed by atoms with van der Waals surface area (Å²) in [5.41, 5.74) is 2.56. The molecule has 6 heteroatoms. The fourth-order valence-corrected chi connectivity index (χ4v) is 2.74. The summed E-state index contributed by atoms with van der Waals surface area (Å²) in [6.07, 6.45) is 3.69. The first-order chi connectivity index (χ1) is 11.1. The van der Waals surface area contributed by atoms with Crippen LogP contribution < -0.4 is 5.32 Å². The van der Waals surface area contributed by atoms with Crippen molar-refractivity contribution < 1.29 is 9.53 Å². The predicted molar refractivity (Wildman–Crippen MR) is 88.2 cm³/mol. The molecule has 0 saturated carbocycles. The largest absolute Gasteiger partial charge is 0.382 e. The summed E-state index contributed by atoms with van der Waals surface area (Å²) < 4.78 is 8.98. The third-order valence-electron chi connectivity index (χ3n) is 4.00. The van der Waals surface area contributed by atoms with Crippen LogP contribution in [0.1, 0.15) is 22.1 Å². The molecule has 23 heavy (non-hydrogen) atoms. The number of rotatable bonds is 5. The van der Waals surface area contributed by atoms with E-state index in [9.17, 15) is 4.79 Å². The number of hydrogen-bond acceptors (Lipinski definition) is 3. The number of methoxy groups -OCH3 is 1. The Hall–Kier alpha value is -2.60. The molecule has 120 valence electrons. The van der Waals surface area contributed by atoms with Gasteiger partial charge in [0, 0.05) is 44.7 Å². The molecule has 6 nitrogen and oxygen atoms in total. The van der Waals surface area contributed by atoms with Gasteiger partial charge in [0.15, 0.2) is 0 Å². The summed E-state index contributed by atoms with van der Waals surface area (Å²) >= 11 is 0. The van der Waals surface area contributed by atoms with Crippen LogP contribution in [0.5, 0.6) is 0 Å². The third kappa shape index (κ3) is 2.98. The van der Waals surface area contributed by atoms with E-state index in [-0.39, 0.29) is 11.9 Å². The second-order valence-electron chi connectivity index (χ2n) is 5.56. The van der Waals surface area contributed by atoms with Crippen molar-refractivity contribution >= 4 is 16.8 Å². The average Bonchev–Trinajstić information content (AvgIpc) is 3.13. The Kier molecular flexibility index (Phi) is 4.16. The number of ether oxygens (including phenoxy) is 1. The number of carbonyl (C=O) groups is 1. The molecule has 0 aliphatic carbocycles. The molecule has 0 saturated heterocycles. The van der Waals surface area contributed by atoms with E-state index in [1.807, 2.05) is 55.2 Å². The summed E-state index contributed by atoms with van der Waals surface area (Å²) in [6.45, 7) is 0.387. The molecule has 0 aliphatic heterocycles. The lowest BCUT2D eigenvalue weighted by molar-refractivity contribution is 0.0892. The van der Waals surface area contributed by atoms with E-state index in [2.05, 4.69) is 10.4 Å². The Morgan fingerprint density at radius 2 is 2.13 bits per heavy atom. The van der Waals surface area contributed by atoms with E-state index in [0.717, 1.165) is 16.6 Å². The van der Waals surface area contributed by atoms with Crippen molar-refractivity contribution in [3.8, 4) is 0 Å². The van der Waals surface area contributed by atoms with Crippen molar-refractivity contribution in [1.82, 2.24) is 19.7 Å². The van der Waals surface area contributed by atoms with Crippen molar-refractivity contribution in [2.24, 2.45) is 14.1 Å². The van der Waals surface area contributed by atoms with Crippen LogP contribution in [0.15, 0.2) is 42.7 Å². The second kappa shape index (κ2) is 6.26. The Morgan fingerprint density at radius 3 is 2.83 bits per heavy atom. The number of amides is 1. The summed E-state index contributed by atoms with van der Waals surface area (Å²) in [4.78, 5) is 12.6. The van der Waals surface area contributed by atoms with E-state index < -0.39 is 0 Å². The highest BCUT2D eigenvalue weighted by molar-refractivity contribution is 5.98. The number of fused-ring (bicyclic) bond motifs is 1. The zero-order valence-electron chi connectivity index (χ0n) is 13.5. The van der Waals surface area contributed by atoms with Gasteiger partial charge in [-0.05, 0) is 29.7 Å². The van der Waals surface area contributed by atoms with E-state index >= 15 is 0 Å². The topological polar surface area (TPSA) is 61.1 Å². The SMILES string of the molecule is COCC(NC(=O)c1ccc2ccn(C)c2c1)c1ccnn1C. The highest BCUT2D eigenvalue weighted by Gasteiger charge is 2.19. The number of nitrogens with one attached hydrogen (secondary N) is 1. The zero-order valence-corrected chi connectivity index (χ0v) is 13.5. The molecule has 2 aromatic heterocycles. The van der Waals surface area contributed by atoms with Crippen LogP contribution >= 0.6 is 0 Å². The van der Waals surface area contributed by atoms with Gasteiger partial charge in [-0.2, -0.15) is 5.10 Å². The minimum Gasteiger partial charge on any atom is -0.382 e. The molecule has 1 unspecified atom stereocenters. The summed E-state index contributed by atoms with van der Waals surface area (Å²) in [5.74, 6) is -0.128. The molecule has 0 radical (unpaired) electrons. The average molecular weight is 312 g/mol. The molecule has 1 N–H and O–H groups in total. The minimum atomic E-state index is -0.246. The third-order valence-corrected chi connectivity index (χ3v) is 4.00. The molecule has 3 aromatic rings. The molecule has 2 heterocycles. The van der Waals surface area contributed by atoms with Gasteiger partial charge in [0.2, 0.25) is 0 Å². The van der Waals surface area contributed by atoms with Crippen molar-refractivity contribution in [2.75, 3.05) is 13.7 Å². The molecular formula is C17H20N4O2. The molecular weight excluding hydrogens is 292 g/mol. The van der Waals surface area contributed by atoms with Crippen LogP contribution in [0.25, 0.3) is 10.9 Å². The van der Waals surface area contributed by atoms with Gasteiger partial charge in [0.1, 0.15) is 0 Å². The zero-order chi connectivity index (χ0) is 16.4. The minimum absolute atomic E-state index is 0.128. The van der Waals surface area contributed by atoms with E-state index in [1.165, 1.54) is 0 Å². The Balaban J connectivity index is 1.85. The maximum Gasteiger partial charge on any atom is 0.251 e. The highest BCUT2D eigenvalue weighted by atomic mass is 16.5. The van der Waals surface area contributed by atoms with Crippen LogP contribution in [0.3, 0.4) is 0 Å². The number of aromatic nitrogens is 3. The predicted octanol–water partition coefficient (Wildman–Crippen LogP) is 2.03. The van der Waals surface area contributed by atoms with Crippen LogP contribution in [-0.4, -0.2) is 34.0 Å². The fourth-order valence-electron chi connectivity index (χ4n) is 2.74. The van der Waals surface area contributed by atoms with Gasteiger partial charge < -0.3 is 14.6 Å².